The van der Waals surface area contributed by atoms with Crippen molar-refractivity contribution >= 4 is 16.1 Å². The third-order valence-electron chi connectivity index (χ3n) is 1.69. The highest BCUT2D eigenvalue weighted by Gasteiger charge is 2.33. The van der Waals surface area contributed by atoms with Gasteiger partial charge in [-0.25, -0.2) is 8.78 Å². The quantitative estimate of drug-likeness (QED) is 0.292. The molecule has 0 amide bonds. The summed E-state index contributed by atoms with van der Waals surface area (Å²) in [6.07, 6.45) is 0. The van der Waals surface area contributed by atoms with Crippen LogP contribution in [-0.2, 0) is 14.9 Å². The molecule has 0 bridgehead atoms. The molecule has 1 N–H and O–H groups in total. The van der Waals surface area contributed by atoms with E-state index in [0.29, 0.717) is 6.92 Å². The third kappa shape index (κ3) is 2.43. The summed E-state index contributed by atoms with van der Waals surface area (Å²) in [5.74, 6) is -12.3. The first-order valence-corrected chi connectivity index (χ1v) is 5.53. The third-order valence-corrected chi connectivity index (χ3v) is 2.56. The summed E-state index contributed by atoms with van der Waals surface area (Å²) in [6, 6.07) is 0. The summed E-state index contributed by atoms with van der Waals surface area (Å²) < 4.78 is 86.0. The van der Waals surface area contributed by atoms with Gasteiger partial charge < -0.3 is 4.74 Å². The molecule has 0 aromatic heterocycles. The number of ether oxygens (including phenoxy) is 1. The lowest BCUT2D eigenvalue weighted by Crippen LogP contribution is -2.14. The first-order chi connectivity index (χ1) is 8.07. The second kappa shape index (κ2) is 4.53. The van der Waals surface area contributed by atoms with Crippen LogP contribution in [0.25, 0.3) is 0 Å². The molecular weight excluding hydrogens is 284 g/mol. The van der Waals surface area contributed by atoms with Crippen LogP contribution in [0.4, 0.5) is 17.6 Å². The van der Waals surface area contributed by atoms with Gasteiger partial charge in [0.25, 0.3) is 0 Å². The van der Waals surface area contributed by atoms with E-state index in [9.17, 15) is 30.8 Å². The van der Waals surface area contributed by atoms with Gasteiger partial charge in [-0.05, 0) is 0 Å². The molecule has 0 fully saturated rings. The summed E-state index contributed by atoms with van der Waals surface area (Å²) in [6.45, 7) is 0.700. The van der Waals surface area contributed by atoms with Gasteiger partial charge in [0, 0.05) is 6.92 Å². The fraction of sp³-hybridized carbons (Fsp3) is 0.125. The Balaban J connectivity index is 3.72. The minimum absolute atomic E-state index is 0.700. The highest BCUT2D eigenvalue weighted by Crippen LogP contribution is 2.32. The van der Waals surface area contributed by atoms with Gasteiger partial charge in [-0.3, -0.25) is 9.35 Å². The van der Waals surface area contributed by atoms with Crippen molar-refractivity contribution in [3.05, 3.63) is 23.3 Å². The van der Waals surface area contributed by atoms with Crippen molar-refractivity contribution in [1.82, 2.24) is 0 Å². The second-order valence-corrected chi connectivity index (χ2v) is 4.34. The van der Waals surface area contributed by atoms with E-state index < -0.39 is 50.0 Å². The largest absolute Gasteiger partial charge is 0.420 e. The van der Waals surface area contributed by atoms with Crippen LogP contribution in [0.2, 0.25) is 0 Å². The Labute approximate surface area is 97.7 Å². The van der Waals surface area contributed by atoms with Crippen LogP contribution < -0.4 is 4.74 Å². The normalized spacial score (nSPS) is 11.4. The maximum Gasteiger partial charge on any atom is 0.308 e. The van der Waals surface area contributed by atoms with Crippen molar-refractivity contribution in [3.63, 3.8) is 0 Å². The van der Waals surface area contributed by atoms with Crippen LogP contribution >= 0.6 is 0 Å². The number of hydrogen-bond acceptors (Lipinski definition) is 4. The van der Waals surface area contributed by atoms with Crippen molar-refractivity contribution in [3.8, 4) is 5.75 Å². The summed E-state index contributed by atoms with van der Waals surface area (Å²) in [5.41, 5.74) is 0. The summed E-state index contributed by atoms with van der Waals surface area (Å²) >= 11 is 0. The topological polar surface area (TPSA) is 80.7 Å². The average molecular weight is 288 g/mol. The number of esters is 1. The Morgan fingerprint density at radius 2 is 1.44 bits per heavy atom. The number of carbonyl (C=O) groups excluding carboxylic acids is 1. The lowest BCUT2D eigenvalue weighted by atomic mass is 10.3. The predicted molar refractivity (Wildman–Crippen MR) is 47.4 cm³/mol. The molecule has 0 saturated heterocycles. The van der Waals surface area contributed by atoms with Crippen LogP contribution in [0.15, 0.2) is 4.90 Å². The lowest BCUT2D eigenvalue weighted by Gasteiger charge is -2.09. The van der Waals surface area contributed by atoms with Crippen molar-refractivity contribution in [2.75, 3.05) is 0 Å². The molecule has 1 aromatic carbocycles. The number of carbonyl (C=O) groups is 1. The molecule has 0 unspecified atom stereocenters. The number of hydrogen-bond donors (Lipinski definition) is 1. The highest BCUT2D eigenvalue weighted by atomic mass is 32.2. The van der Waals surface area contributed by atoms with Gasteiger partial charge in [-0.1, -0.05) is 0 Å². The maximum atomic E-state index is 13.2. The van der Waals surface area contributed by atoms with Crippen molar-refractivity contribution in [1.29, 1.82) is 0 Å². The lowest BCUT2D eigenvalue weighted by molar-refractivity contribution is -0.132. The molecule has 18 heavy (non-hydrogen) atoms. The van der Waals surface area contributed by atoms with Crippen LogP contribution in [0.5, 0.6) is 5.75 Å². The van der Waals surface area contributed by atoms with E-state index in [0.717, 1.165) is 0 Å². The summed E-state index contributed by atoms with van der Waals surface area (Å²) in [5, 5.41) is 0. The first-order valence-electron chi connectivity index (χ1n) is 4.09. The highest BCUT2D eigenvalue weighted by molar-refractivity contribution is 7.85. The molecule has 100 valence electrons. The van der Waals surface area contributed by atoms with Gasteiger partial charge in [0.15, 0.2) is 16.5 Å². The molecule has 0 atom stereocenters. The molecule has 1 rings (SSSR count). The zero-order valence-corrected chi connectivity index (χ0v) is 9.32. The number of rotatable bonds is 2. The zero-order chi connectivity index (χ0) is 14.2. The molecule has 5 nitrogen and oxygen atoms in total. The van der Waals surface area contributed by atoms with Crippen LogP contribution in [0, 0.1) is 23.3 Å². The van der Waals surface area contributed by atoms with E-state index in [4.69, 9.17) is 4.55 Å². The molecule has 0 aliphatic rings. The number of halogens is 4. The van der Waals surface area contributed by atoms with Crippen molar-refractivity contribution in [2.45, 2.75) is 11.8 Å². The molecule has 10 heteroatoms. The molecule has 0 saturated carbocycles. The van der Waals surface area contributed by atoms with Crippen LogP contribution in [0.1, 0.15) is 6.92 Å². The molecule has 0 radical (unpaired) electrons. The molecule has 0 aliphatic carbocycles. The van der Waals surface area contributed by atoms with Crippen LogP contribution in [-0.4, -0.2) is 18.9 Å². The van der Waals surface area contributed by atoms with Crippen molar-refractivity contribution in [2.24, 2.45) is 0 Å². The summed E-state index contributed by atoms with van der Waals surface area (Å²) in [7, 11) is -5.52. The van der Waals surface area contributed by atoms with E-state index in [1.807, 2.05) is 0 Å². The van der Waals surface area contributed by atoms with E-state index in [1.54, 1.807) is 0 Å². The van der Waals surface area contributed by atoms with Gasteiger partial charge in [-0.2, -0.15) is 17.2 Å². The zero-order valence-electron chi connectivity index (χ0n) is 8.50. The van der Waals surface area contributed by atoms with Gasteiger partial charge >= 0.3 is 16.1 Å². The minimum atomic E-state index is -5.52. The minimum Gasteiger partial charge on any atom is -0.420 e. The predicted octanol–water partition coefficient (Wildman–Crippen LogP) is 1.42. The molecule has 0 spiro atoms. The SMILES string of the molecule is CC(=O)Oc1c(F)c(F)c(S(=O)(=O)O)c(F)c1F. The van der Waals surface area contributed by atoms with E-state index in [1.165, 1.54) is 0 Å². The second-order valence-electron chi connectivity index (χ2n) is 2.98. The van der Waals surface area contributed by atoms with Crippen molar-refractivity contribution < 1.29 is 40.1 Å². The Morgan fingerprint density at radius 1 is 1.06 bits per heavy atom. The van der Waals surface area contributed by atoms with Gasteiger partial charge in [-0.15, -0.1) is 0 Å². The Hall–Kier alpha value is -1.68. The average Bonchev–Trinajstić information content (AvgIpc) is 2.19. The smallest absolute Gasteiger partial charge is 0.308 e. The standard InChI is InChI=1S/C8H4F4O5S/c1-2(13)17-7-3(9)5(11)8(18(14,15)16)6(12)4(7)10/h1H3,(H,14,15,16). The molecule has 1 aromatic rings. The van der Waals surface area contributed by atoms with Crippen LogP contribution in [0.3, 0.4) is 0 Å². The van der Waals surface area contributed by atoms with E-state index >= 15 is 0 Å². The Kier molecular flexibility index (Phi) is 3.62. The Morgan fingerprint density at radius 3 is 1.72 bits per heavy atom. The van der Waals surface area contributed by atoms with Gasteiger partial charge in [0.2, 0.25) is 17.4 Å². The van der Waals surface area contributed by atoms with E-state index in [-0.39, 0.29) is 0 Å². The van der Waals surface area contributed by atoms with Gasteiger partial charge in [0.1, 0.15) is 0 Å². The molecular formula is C8H4F4O5S. The maximum absolute atomic E-state index is 13.2. The first kappa shape index (κ1) is 14.4. The summed E-state index contributed by atoms with van der Waals surface area (Å²) in [4.78, 5) is 8.25. The molecule has 0 heterocycles. The van der Waals surface area contributed by atoms with E-state index in [2.05, 4.69) is 4.74 Å². The number of benzene rings is 1. The fourth-order valence-electron chi connectivity index (χ4n) is 1.05. The van der Waals surface area contributed by atoms with Gasteiger partial charge in [0.05, 0.1) is 0 Å². The fourth-order valence-corrected chi connectivity index (χ4v) is 1.68. The molecule has 0 aliphatic heterocycles. The monoisotopic (exact) mass is 288 g/mol. The Bertz CT molecular complexity index is 596.